The number of para-hydroxylation sites is 1. The Labute approximate surface area is 82.0 Å². The molecule has 0 aliphatic rings. The number of fused-ring (bicyclic) bond motifs is 1. The lowest BCUT2D eigenvalue weighted by atomic mass is 10.2. The molecule has 3 nitrogen and oxygen atoms in total. The highest BCUT2D eigenvalue weighted by molar-refractivity contribution is 5.77. The fraction of sp³-hybridized carbons (Fsp3) is 0.182. The van der Waals surface area contributed by atoms with Crippen LogP contribution in [0.1, 0.15) is 12.7 Å². The summed E-state index contributed by atoms with van der Waals surface area (Å²) in [6, 6.07) is 10.0. The monoisotopic (exact) mass is 192 g/mol. The molecule has 0 saturated heterocycles. The standard InChI is InChI=1S/C9H8O.C2H4O2/c1-7-6-8-4-2-3-5-9(8)10-7;1-2(3)4/h2-6H,1H3;1H3,(H,3,4). The molecule has 1 aromatic carbocycles. The largest absolute Gasteiger partial charge is 0.481 e. The molecule has 2 aromatic rings. The number of aryl methyl sites for hydroxylation is 1. The number of carbonyl (C=O) groups is 1. The Morgan fingerprint density at radius 3 is 2.50 bits per heavy atom. The maximum Gasteiger partial charge on any atom is 0.300 e. The van der Waals surface area contributed by atoms with Crippen molar-refractivity contribution in [3.63, 3.8) is 0 Å². The van der Waals surface area contributed by atoms with Crippen LogP contribution < -0.4 is 0 Å². The van der Waals surface area contributed by atoms with E-state index in [9.17, 15) is 0 Å². The summed E-state index contributed by atoms with van der Waals surface area (Å²) in [6.45, 7) is 3.04. The summed E-state index contributed by atoms with van der Waals surface area (Å²) in [4.78, 5) is 9.00. The van der Waals surface area contributed by atoms with Crippen LogP contribution in [-0.4, -0.2) is 11.1 Å². The molecule has 0 unspecified atom stereocenters. The lowest BCUT2D eigenvalue weighted by molar-refractivity contribution is -0.134. The van der Waals surface area contributed by atoms with Crippen molar-refractivity contribution in [3.05, 3.63) is 36.1 Å². The summed E-state index contributed by atoms with van der Waals surface area (Å²) in [7, 11) is 0. The zero-order chi connectivity index (χ0) is 10.6. The Balaban J connectivity index is 0.000000213. The maximum absolute atomic E-state index is 9.00. The highest BCUT2D eigenvalue weighted by Crippen LogP contribution is 2.17. The highest BCUT2D eigenvalue weighted by atomic mass is 16.4. The number of hydrogen-bond acceptors (Lipinski definition) is 2. The Bertz CT molecular complexity index is 392. The molecule has 0 aliphatic heterocycles. The van der Waals surface area contributed by atoms with E-state index >= 15 is 0 Å². The first-order valence-electron chi connectivity index (χ1n) is 4.24. The third-order valence-electron chi connectivity index (χ3n) is 1.55. The van der Waals surface area contributed by atoms with E-state index in [0.29, 0.717) is 0 Å². The number of rotatable bonds is 0. The second-order valence-electron chi connectivity index (χ2n) is 2.91. The Hall–Kier alpha value is -1.77. The maximum atomic E-state index is 9.00. The number of carboxylic acid groups (broad SMARTS) is 1. The van der Waals surface area contributed by atoms with Gasteiger partial charge in [0, 0.05) is 12.3 Å². The summed E-state index contributed by atoms with van der Waals surface area (Å²) in [6.07, 6.45) is 0. The van der Waals surface area contributed by atoms with Crippen molar-refractivity contribution in [2.45, 2.75) is 13.8 Å². The van der Waals surface area contributed by atoms with Crippen LogP contribution in [0, 0.1) is 6.92 Å². The molecule has 0 spiro atoms. The Kier molecular flexibility index (Phi) is 3.29. The topological polar surface area (TPSA) is 50.4 Å². The molecule has 0 bridgehead atoms. The van der Waals surface area contributed by atoms with Crippen LogP contribution >= 0.6 is 0 Å². The normalized spacial score (nSPS) is 9.29. The van der Waals surface area contributed by atoms with E-state index in [1.54, 1.807) is 0 Å². The van der Waals surface area contributed by atoms with Crippen LogP contribution in [0.4, 0.5) is 0 Å². The summed E-state index contributed by atoms with van der Waals surface area (Å²) in [5.74, 6) is 0.140. The van der Waals surface area contributed by atoms with Gasteiger partial charge in [-0.3, -0.25) is 4.79 Å². The molecule has 14 heavy (non-hydrogen) atoms. The van der Waals surface area contributed by atoms with Crippen molar-refractivity contribution in [2.75, 3.05) is 0 Å². The van der Waals surface area contributed by atoms with Crippen molar-refractivity contribution in [3.8, 4) is 0 Å². The first-order valence-corrected chi connectivity index (χ1v) is 4.24. The molecule has 2 rings (SSSR count). The Morgan fingerprint density at radius 2 is 1.93 bits per heavy atom. The number of aliphatic carboxylic acids is 1. The van der Waals surface area contributed by atoms with Crippen LogP contribution in [0.3, 0.4) is 0 Å². The molecule has 1 heterocycles. The van der Waals surface area contributed by atoms with Crippen molar-refractivity contribution < 1.29 is 14.3 Å². The van der Waals surface area contributed by atoms with Gasteiger partial charge in [-0.15, -0.1) is 0 Å². The predicted molar refractivity (Wildman–Crippen MR) is 54.3 cm³/mol. The molecular weight excluding hydrogens is 180 g/mol. The van der Waals surface area contributed by atoms with Crippen molar-refractivity contribution >= 4 is 16.9 Å². The molecule has 1 N–H and O–H groups in total. The summed E-state index contributed by atoms with van der Waals surface area (Å²) >= 11 is 0. The number of benzene rings is 1. The molecule has 74 valence electrons. The summed E-state index contributed by atoms with van der Waals surface area (Å²) in [5.41, 5.74) is 0.972. The second kappa shape index (κ2) is 4.46. The molecule has 0 amide bonds. The fourth-order valence-corrected chi connectivity index (χ4v) is 1.11. The van der Waals surface area contributed by atoms with Crippen molar-refractivity contribution in [1.29, 1.82) is 0 Å². The molecule has 0 radical (unpaired) electrons. The lowest BCUT2D eigenvalue weighted by Gasteiger charge is -1.82. The highest BCUT2D eigenvalue weighted by Gasteiger charge is 1.95. The van der Waals surface area contributed by atoms with E-state index in [4.69, 9.17) is 14.3 Å². The molecule has 0 fully saturated rings. The van der Waals surface area contributed by atoms with Gasteiger partial charge in [-0.2, -0.15) is 0 Å². The molecule has 0 atom stereocenters. The van der Waals surface area contributed by atoms with Gasteiger partial charge in [-0.05, 0) is 19.1 Å². The average Bonchev–Trinajstić information content (AvgIpc) is 2.42. The van der Waals surface area contributed by atoms with E-state index in [-0.39, 0.29) is 0 Å². The minimum absolute atomic E-state index is 0.833. The van der Waals surface area contributed by atoms with Crippen LogP contribution in [0.25, 0.3) is 11.0 Å². The first kappa shape index (κ1) is 10.3. The molecule has 3 heteroatoms. The van der Waals surface area contributed by atoms with E-state index < -0.39 is 5.97 Å². The second-order valence-corrected chi connectivity index (χ2v) is 2.91. The van der Waals surface area contributed by atoms with Gasteiger partial charge in [-0.25, -0.2) is 0 Å². The van der Waals surface area contributed by atoms with Crippen molar-refractivity contribution in [2.24, 2.45) is 0 Å². The van der Waals surface area contributed by atoms with Crippen LogP contribution in [0.2, 0.25) is 0 Å². The molecule has 0 saturated carbocycles. The zero-order valence-corrected chi connectivity index (χ0v) is 8.15. The molecule has 0 aliphatic carbocycles. The van der Waals surface area contributed by atoms with Crippen LogP contribution in [-0.2, 0) is 4.79 Å². The number of hydrogen-bond donors (Lipinski definition) is 1. The average molecular weight is 192 g/mol. The van der Waals surface area contributed by atoms with E-state index in [0.717, 1.165) is 18.3 Å². The van der Waals surface area contributed by atoms with Gasteiger partial charge in [0.25, 0.3) is 5.97 Å². The van der Waals surface area contributed by atoms with Gasteiger partial charge in [0.15, 0.2) is 0 Å². The smallest absolute Gasteiger partial charge is 0.300 e. The quantitative estimate of drug-likeness (QED) is 0.698. The lowest BCUT2D eigenvalue weighted by Crippen LogP contribution is -1.78. The minimum atomic E-state index is -0.833. The first-order chi connectivity index (χ1) is 6.59. The number of furan rings is 1. The SMILES string of the molecule is CC(=O)O.Cc1cc2ccccc2o1. The van der Waals surface area contributed by atoms with Crippen molar-refractivity contribution in [1.82, 2.24) is 0 Å². The number of carboxylic acids is 1. The van der Waals surface area contributed by atoms with Crippen LogP contribution in [0.5, 0.6) is 0 Å². The van der Waals surface area contributed by atoms with Gasteiger partial charge in [0.1, 0.15) is 11.3 Å². The van der Waals surface area contributed by atoms with E-state index in [1.807, 2.05) is 37.3 Å². The van der Waals surface area contributed by atoms with E-state index in [1.165, 1.54) is 5.39 Å². The summed E-state index contributed by atoms with van der Waals surface area (Å²) in [5, 5.41) is 8.60. The van der Waals surface area contributed by atoms with Gasteiger partial charge in [0.05, 0.1) is 0 Å². The van der Waals surface area contributed by atoms with E-state index in [2.05, 4.69) is 0 Å². The summed E-state index contributed by atoms with van der Waals surface area (Å²) < 4.78 is 5.37. The molecular formula is C11H12O3. The van der Waals surface area contributed by atoms with Gasteiger partial charge in [0.2, 0.25) is 0 Å². The molecule has 1 aromatic heterocycles. The third-order valence-corrected chi connectivity index (χ3v) is 1.55. The zero-order valence-electron chi connectivity index (χ0n) is 8.15. The third kappa shape index (κ3) is 2.94. The predicted octanol–water partition coefficient (Wildman–Crippen LogP) is 2.83. The van der Waals surface area contributed by atoms with Gasteiger partial charge >= 0.3 is 0 Å². The minimum Gasteiger partial charge on any atom is -0.481 e. The fourth-order valence-electron chi connectivity index (χ4n) is 1.11. The van der Waals surface area contributed by atoms with Crippen LogP contribution in [0.15, 0.2) is 34.7 Å². The Morgan fingerprint density at radius 1 is 1.36 bits per heavy atom. The van der Waals surface area contributed by atoms with Gasteiger partial charge in [-0.1, -0.05) is 18.2 Å². The van der Waals surface area contributed by atoms with Gasteiger partial charge < -0.3 is 9.52 Å².